The van der Waals surface area contributed by atoms with Crippen LogP contribution in [-0.4, -0.2) is 33.4 Å². The van der Waals surface area contributed by atoms with Crippen LogP contribution in [0.3, 0.4) is 0 Å². The fraction of sp³-hybridized carbons (Fsp3) is 0. The summed E-state index contributed by atoms with van der Waals surface area (Å²) in [6, 6.07) is 50.2. The van der Waals surface area contributed by atoms with Crippen molar-refractivity contribution in [2.24, 2.45) is 0 Å². The molecule has 6 aromatic carbocycles. The Bertz CT molecular complexity index is 2900. The van der Waals surface area contributed by atoms with Crippen molar-refractivity contribution < 1.29 is 13.9 Å². The maximum atomic E-state index is 6.58. The van der Waals surface area contributed by atoms with Gasteiger partial charge in [0, 0.05) is 34.1 Å². The van der Waals surface area contributed by atoms with E-state index >= 15 is 0 Å². The average Bonchev–Trinajstić information content (AvgIpc) is 3.58. The maximum absolute atomic E-state index is 6.58. The molecule has 11 heteroatoms. The van der Waals surface area contributed by atoms with Crippen LogP contribution in [0, 0.1) is 0 Å². The molecule has 4 aliphatic heterocycles. The van der Waals surface area contributed by atoms with Crippen molar-refractivity contribution in [3.8, 4) is 23.3 Å². The van der Waals surface area contributed by atoms with Crippen LogP contribution >= 0.6 is 0 Å². The number of anilines is 6. The van der Waals surface area contributed by atoms with E-state index in [2.05, 4.69) is 119 Å². The van der Waals surface area contributed by atoms with Crippen molar-refractivity contribution >= 4 is 103 Å². The lowest BCUT2D eigenvalue weighted by Gasteiger charge is -2.39. The molecule has 13 rings (SSSR count). The summed E-state index contributed by atoms with van der Waals surface area (Å²) >= 11 is 0. The van der Waals surface area contributed by atoms with Crippen molar-refractivity contribution in [2.45, 2.75) is 0 Å². The fourth-order valence-electron chi connectivity index (χ4n) is 9.05. The summed E-state index contributed by atoms with van der Waals surface area (Å²) in [6.07, 6.45) is 0. The van der Waals surface area contributed by atoms with Crippen molar-refractivity contribution in [3.63, 3.8) is 0 Å². The molecule has 0 N–H and O–H groups in total. The molecule has 0 atom stereocenters. The van der Waals surface area contributed by atoms with E-state index in [1.165, 1.54) is 0 Å². The first-order chi connectivity index (χ1) is 27.3. The van der Waals surface area contributed by atoms with E-state index in [0.29, 0.717) is 45.4 Å². The van der Waals surface area contributed by atoms with Gasteiger partial charge in [-0.05, 0) is 82.5 Å². The first-order valence-electron chi connectivity index (χ1n) is 18.3. The van der Waals surface area contributed by atoms with E-state index in [1.807, 2.05) is 36.4 Å². The molecule has 9 nitrogen and oxygen atoms in total. The number of fused-ring (bicyclic) bond motifs is 11. The molecule has 0 fully saturated rings. The predicted molar refractivity (Wildman–Crippen MR) is 217 cm³/mol. The normalized spacial score (nSPS) is 14.0. The molecule has 0 bridgehead atoms. The van der Waals surface area contributed by atoms with Gasteiger partial charge in [-0.1, -0.05) is 84.9 Å². The SMILES string of the molecule is c1ccc(N2c3ccccc3B3c4nc5c(nc4Oc4cccc2c43)oc2nc3c(nc25)B2c4ccccc4N(c4ccccc4)c4cccc(c42)O3)cc1. The Labute approximate surface area is 314 Å². The molecular formula is C44H24B2N6O3. The first-order valence-corrected chi connectivity index (χ1v) is 18.3. The molecule has 0 radical (unpaired) electrons. The second-order valence-corrected chi connectivity index (χ2v) is 14.1. The van der Waals surface area contributed by atoms with Crippen molar-refractivity contribution in [1.82, 2.24) is 19.9 Å². The van der Waals surface area contributed by atoms with Gasteiger partial charge < -0.3 is 23.7 Å². The smallest absolute Gasteiger partial charge is 0.281 e. The van der Waals surface area contributed by atoms with Crippen LogP contribution in [0.5, 0.6) is 23.3 Å². The second kappa shape index (κ2) is 10.6. The molecular weight excluding hydrogens is 682 g/mol. The Kier molecular flexibility index (Phi) is 5.61. The standard InChI is InChI=1S/C44H24B2N6O3/c1-3-13-25(14-4-1)51-29-19-9-7-17-27(29)45-35-31(51)21-11-23-33(35)53-43-39(45)47-37-38-42(55-41(37)49-43)50-44-40(48-38)46-28-18-8-10-20-30(28)52(26-15-5-2-6-16-26)32-22-12-24-34(54-44)36(32)46/h1-24H. The summed E-state index contributed by atoms with van der Waals surface area (Å²) in [4.78, 5) is 25.2. The molecule has 0 unspecified atom stereocenters. The zero-order chi connectivity index (χ0) is 35.8. The van der Waals surface area contributed by atoms with Gasteiger partial charge in [0.1, 0.15) is 11.5 Å². The molecule has 0 saturated heterocycles. The molecule has 4 aliphatic rings. The number of hydrogen-bond donors (Lipinski definition) is 0. The third kappa shape index (κ3) is 3.88. The molecule has 0 aliphatic carbocycles. The Morgan fingerprint density at radius 3 is 1.29 bits per heavy atom. The summed E-state index contributed by atoms with van der Waals surface area (Å²) < 4.78 is 19.5. The zero-order valence-electron chi connectivity index (χ0n) is 28.9. The molecule has 9 aromatic rings. The highest BCUT2D eigenvalue weighted by atomic mass is 16.5. The van der Waals surface area contributed by atoms with Gasteiger partial charge in [0.25, 0.3) is 24.9 Å². The van der Waals surface area contributed by atoms with E-state index in [4.69, 9.17) is 33.8 Å². The Balaban J connectivity index is 1.02. The van der Waals surface area contributed by atoms with E-state index in [-0.39, 0.29) is 13.4 Å². The number of aromatic nitrogens is 4. The molecule has 55 heavy (non-hydrogen) atoms. The number of rotatable bonds is 2. The highest BCUT2D eigenvalue weighted by Gasteiger charge is 2.46. The van der Waals surface area contributed by atoms with E-state index in [1.54, 1.807) is 0 Å². The highest BCUT2D eigenvalue weighted by molar-refractivity contribution is 6.99. The molecule has 7 heterocycles. The van der Waals surface area contributed by atoms with Crippen LogP contribution in [0.15, 0.2) is 150 Å². The lowest BCUT2D eigenvalue weighted by molar-refractivity contribution is 0.460. The zero-order valence-corrected chi connectivity index (χ0v) is 28.9. The lowest BCUT2D eigenvalue weighted by atomic mass is 9.36. The Morgan fingerprint density at radius 2 is 0.818 bits per heavy atom. The molecule has 3 aromatic heterocycles. The minimum Gasteiger partial charge on any atom is -0.438 e. The van der Waals surface area contributed by atoms with Gasteiger partial charge in [-0.3, -0.25) is 0 Å². The van der Waals surface area contributed by atoms with Gasteiger partial charge in [0.15, 0.2) is 11.0 Å². The van der Waals surface area contributed by atoms with Gasteiger partial charge in [-0.25, -0.2) is 9.97 Å². The van der Waals surface area contributed by atoms with Crippen LogP contribution in [0.25, 0.3) is 22.5 Å². The maximum Gasteiger partial charge on any atom is 0.281 e. The summed E-state index contributed by atoms with van der Waals surface area (Å²) in [6.45, 7) is -0.462. The minimum atomic E-state index is -0.231. The number of hydrogen-bond acceptors (Lipinski definition) is 9. The summed E-state index contributed by atoms with van der Waals surface area (Å²) in [5, 5.41) is 0. The van der Waals surface area contributed by atoms with Crippen LogP contribution in [0.4, 0.5) is 34.1 Å². The Hall–Kier alpha value is -7.39. The molecule has 0 amide bonds. The number of para-hydroxylation sites is 4. The van der Waals surface area contributed by atoms with E-state index < -0.39 is 0 Å². The van der Waals surface area contributed by atoms with Gasteiger partial charge in [-0.15, -0.1) is 0 Å². The largest absolute Gasteiger partial charge is 0.438 e. The van der Waals surface area contributed by atoms with Gasteiger partial charge >= 0.3 is 0 Å². The third-order valence-corrected chi connectivity index (χ3v) is 11.2. The molecule has 0 saturated carbocycles. The van der Waals surface area contributed by atoms with E-state index in [9.17, 15) is 0 Å². The van der Waals surface area contributed by atoms with Crippen molar-refractivity contribution in [2.75, 3.05) is 9.80 Å². The molecule has 254 valence electrons. The topological polar surface area (TPSA) is 89.6 Å². The van der Waals surface area contributed by atoms with Crippen LogP contribution in [0.1, 0.15) is 0 Å². The van der Waals surface area contributed by atoms with Crippen LogP contribution < -0.4 is 52.3 Å². The monoisotopic (exact) mass is 706 g/mol. The van der Waals surface area contributed by atoms with Gasteiger partial charge in [0.2, 0.25) is 11.8 Å². The quantitative estimate of drug-likeness (QED) is 0.202. The van der Waals surface area contributed by atoms with Gasteiger partial charge in [0.05, 0.1) is 11.2 Å². The summed E-state index contributed by atoms with van der Waals surface area (Å²) in [5.74, 6) is 2.29. The van der Waals surface area contributed by atoms with E-state index in [0.717, 1.165) is 67.5 Å². The number of nitrogens with zero attached hydrogens (tertiary/aromatic N) is 6. The second-order valence-electron chi connectivity index (χ2n) is 14.1. The third-order valence-electron chi connectivity index (χ3n) is 11.2. The lowest BCUT2D eigenvalue weighted by Crippen LogP contribution is -2.60. The van der Waals surface area contributed by atoms with Crippen LogP contribution in [-0.2, 0) is 0 Å². The average molecular weight is 706 g/mol. The highest BCUT2D eigenvalue weighted by Crippen LogP contribution is 2.42. The first kappa shape index (κ1) is 29.1. The molecule has 0 spiro atoms. The van der Waals surface area contributed by atoms with Crippen LogP contribution in [0.2, 0.25) is 0 Å². The van der Waals surface area contributed by atoms with Gasteiger partial charge in [-0.2, -0.15) is 9.97 Å². The van der Waals surface area contributed by atoms with Crippen molar-refractivity contribution in [1.29, 1.82) is 0 Å². The summed E-state index contributed by atoms with van der Waals surface area (Å²) in [5.41, 5.74) is 13.8. The summed E-state index contributed by atoms with van der Waals surface area (Å²) in [7, 11) is 0. The number of ether oxygens (including phenoxy) is 2. The number of benzene rings is 6. The Morgan fingerprint density at radius 1 is 0.400 bits per heavy atom. The number of furan rings is 1. The predicted octanol–water partition coefficient (Wildman–Crippen LogP) is 5.98. The van der Waals surface area contributed by atoms with Crippen molar-refractivity contribution in [3.05, 3.63) is 146 Å². The minimum absolute atomic E-state index is 0.231. The fourth-order valence-corrected chi connectivity index (χ4v) is 9.05.